The van der Waals surface area contributed by atoms with Crippen molar-refractivity contribution in [1.29, 1.82) is 0 Å². The lowest BCUT2D eigenvalue weighted by molar-refractivity contribution is -0.118. The minimum absolute atomic E-state index is 0.0780. The van der Waals surface area contributed by atoms with Crippen LogP contribution in [0.3, 0.4) is 0 Å². The summed E-state index contributed by atoms with van der Waals surface area (Å²) < 4.78 is 11.7. The lowest BCUT2D eigenvalue weighted by Gasteiger charge is -2.13. The number of hydrogen-bond donors (Lipinski definition) is 1. The van der Waals surface area contributed by atoms with Crippen LogP contribution in [-0.4, -0.2) is 43.4 Å². The van der Waals surface area contributed by atoms with Gasteiger partial charge in [-0.05, 0) is 40.0 Å². The fourth-order valence-electron chi connectivity index (χ4n) is 1.82. The number of nitrogens with one attached hydrogen (secondary N) is 1. The molecule has 0 spiro atoms. The van der Waals surface area contributed by atoms with E-state index < -0.39 is 6.03 Å². The zero-order chi connectivity index (χ0) is 16.1. The Morgan fingerprint density at radius 3 is 2.82 bits per heavy atom. The first-order chi connectivity index (χ1) is 10.5. The third-order valence-corrected chi connectivity index (χ3v) is 3.41. The van der Waals surface area contributed by atoms with Crippen LogP contribution in [0.1, 0.15) is 18.9 Å². The molecule has 1 saturated heterocycles. The standard InChI is InChI=1S/C14H16BrN3O4/c1-3-4-22-13-10(15)5-9(6-11(13)21-2)7-16-18-8-12(19)17-14(18)20/h5-7H,3-4,8H2,1-2H3,(H,17,19,20)/b16-7+. The number of urea groups is 1. The summed E-state index contributed by atoms with van der Waals surface area (Å²) in [4.78, 5) is 22.5. The molecule has 1 aromatic carbocycles. The Morgan fingerprint density at radius 2 is 2.23 bits per heavy atom. The van der Waals surface area contributed by atoms with Gasteiger partial charge in [0, 0.05) is 0 Å². The molecule has 0 saturated carbocycles. The third-order valence-electron chi connectivity index (χ3n) is 2.82. The molecule has 1 aromatic rings. The lowest BCUT2D eigenvalue weighted by Crippen LogP contribution is -2.24. The molecule has 1 aliphatic rings. The van der Waals surface area contributed by atoms with Gasteiger partial charge in [0.2, 0.25) is 5.91 Å². The van der Waals surface area contributed by atoms with E-state index in [0.29, 0.717) is 23.7 Å². The van der Waals surface area contributed by atoms with Gasteiger partial charge in [0.1, 0.15) is 6.54 Å². The third kappa shape index (κ3) is 3.76. The van der Waals surface area contributed by atoms with Gasteiger partial charge in [0.05, 0.1) is 24.4 Å². The van der Waals surface area contributed by atoms with Crippen molar-refractivity contribution in [3.8, 4) is 11.5 Å². The van der Waals surface area contributed by atoms with Crippen LogP contribution in [0.15, 0.2) is 21.7 Å². The minimum Gasteiger partial charge on any atom is -0.493 e. The number of amides is 3. The molecule has 3 amide bonds. The highest BCUT2D eigenvalue weighted by Crippen LogP contribution is 2.36. The Balaban J connectivity index is 2.20. The van der Waals surface area contributed by atoms with Crippen LogP contribution in [0.2, 0.25) is 0 Å². The van der Waals surface area contributed by atoms with Crippen molar-refractivity contribution < 1.29 is 19.1 Å². The summed E-state index contributed by atoms with van der Waals surface area (Å²) >= 11 is 3.43. The Morgan fingerprint density at radius 1 is 1.45 bits per heavy atom. The Labute approximate surface area is 136 Å². The number of methoxy groups -OCH3 is 1. The van der Waals surface area contributed by atoms with Crippen molar-refractivity contribution in [1.82, 2.24) is 10.3 Å². The van der Waals surface area contributed by atoms with Crippen LogP contribution in [0.25, 0.3) is 0 Å². The second-order valence-electron chi connectivity index (χ2n) is 4.54. The number of imide groups is 1. The van der Waals surface area contributed by atoms with Crippen molar-refractivity contribution >= 4 is 34.1 Å². The summed E-state index contributed by atoms with van der Waals surface area (Å²) in [6, 6.07) is 3.01. The number of hydrazone groups is 1. The molecular weight excluding hydrogens is 354 g/mol. The van der Waals surface area contributed by atoms with E-state index in [9.17, 15) is 9.59 Å². The molecule has 1 aliphatic heterocycles. The number of rotatable bonds is 6. The van der Waals surface area contributed by atoms with Crippen molar-refractivity contribution in [2.24, 2.45) is 5.10 Å². The van der Waals surface area contributed by atoms with E-state index in [4.69, 9.17) is 9.47 Å². The molecule has 0 unspecified atom stereocenters. The van der Waals surface area contributed by atoms with Crippen molar-refractivity contribution in [3.63, 3.8) is 0 Å². The predicted octanol–water partition coefficient (Wildman–Crippen LogP) is 2.13. The van der Waals surface area contributed by atoms with Crippen molar-refractivity contribution in [2.45, 2.75) is 13.3 Å². The highest BCUT2D eigenvalue weighted by Gasteiger charge is 2.25. The maximum absolute atomic E-state index is 11.4. The largest absolute Gasteiger partial charge is 0.493 e. The number of carbonyl (C=O) groups excluding carboxylic acids is 2. The lowest BCUT2D eigenvalue weighted by atomic mass is 10.2. The molecule has 0 aliphatic carbocycles. The van der Waals surface area contributed by atoms with Gasteiger partial charge in [0.25, 0.3) is 0 Å². The van der Waals surface area contributed by atoms with Crippen LogP contribution in [-0.2, 0) is 4.79 Å². The van der Waals surface area contributed by atoms with Crippen LogP contribution in [0.4, 0.5) is 4.79 Å². The number of halogens is 1. The molecule has 0 aromatic heterocycles. The zero-order valence-corrected chi connectivity index (χ0v) is 13.8. The monoisotopic (exact) mass is 369 g/mol. The molecule has 1 heterocycles. The SMILES string of the molecule is CCCOc1c(Br)cc(/C=N/N2CC(=O)NC2=O)cc1OC. The Bertz CT molecular complexity index is 618. The van der Waals surface area contributed by atoms with Gasteiger partial charge < -0.3 is 9.47 Å². The van der Waals surface area contributed by atoms with Crippen LogP contribution in [0.5, 0.6) is 11.5 Å². The van der Waals surface area contributed by atoms with Gasteiger partial charge in [0.15, 0.2) is 11.5 Å². The van der Waals surface area contributed by atoms with Crippen molar-refractivity contribution in [3.05, 3.63) is 22.2 Å². The topological polar surface area (TPSA) is 80.2 Å². The first kappa shape index (κ1) is 16.3. The molecule has 0 radical (unpaired) electrons. The number of carbonyl (C=O) groups is 2. The molecule has 2 rings (SSSR count). The molecule has 118 valence electrons. The number of hydrogen-bond acceptors (Lipinski definition) is 5. The molecule has 8 heteroatoms. The van der Waals surface area contributed by atoms with E-state index in [2.05, 4.69) is 26.3 Å². The van der Waals surface area contributed by atoms with E-state index in [0.717, 1.165) is 15.9 Å². The van der Waals surface area contributed by atoms with Gasteiger partial charge in [-0.2, -0.15) is 5.10 Å². The van der Waals surface area contributed by atoms with Gasteiger partial charge in [-0.1, -0.05) is 6.92 Å². The molecule has 0 atom stereocenters. The highest BCUT2D eigenvalue weighted by molar-refractivity contribution is 9.10. The number of benzene rings is 1. The minimum atomic E-state index is -0.532. The quantitative estimate of drug-likeness (QED) is 0.615. The average molecular weight is 370 g/mol. The van der Waals surface area contributed by atoms with Crippen molar-refractivity contribution in [2.75, 3.05) is 20.3 Å². The molecule has 7 nitrogen and oxygen atoms in total. The second-order valence-corrected chi connectivity index (χ2v) is 5.39. The van der Waals surface area contributed by atoms with Crippen LogP contribution >= 0.6 is 15.9 Å². The first-order valence-electron chi connectivity index (χ1n) is 6.70. The molecule has 0 bridgehead atoms. The fraction of sp³-hybridized carbons (Fsp3) is 0.357. The van der Waals surface area contributed by atoms with Gasteiger partial charge >= 0.3 is 6.03 Å². The summed E-state index contributed by atoms with van der Waals surface area (Å²) in [5.41, 5.74) is 0.708. The van der Waals surface area contributed by atoms with Gasteiger partial charge in [-0.15, -0.1) is 0 Å². The fourth-order valence-corrected chi connectivity index (χ4v) is 2.39. The first-order valence-corrected chi connectivity index (χ1v) is 7.50. The van der Waals surface area contributed by atoms with E-state index in [1.807, 2.05) is 6.92 Å². The molecule has 22 heavy (non-hydrogen) atoms. The predicted molar refractivity (Wildman–Crippen MR) is 84.3 cm³/mol. The maximum atomic E-state index is 11.4. The molecule has 1 fully saturated rings. The summed E-state index contributed by atoms with van der Waals surface area (Å²) in [6.45, 7) is 2.52. The summed E-state index contributed by atoms with van der Waals surface area (Å²) in [5.74, 6) is 0.811. The van der Waals surface area contributed by atoms with Crippen LogP contribution < -0.4 is 14.8 Å². The average Bonchev–Trinajstić information content (AvgIpc) is 2.81. The van der Waals surface area contributed by atoms with Gasteiger partial charge in [-0.3, -0.25) is 10.1 Å². The normalized spacial score (nSPS) is 14.6. The highest BCUT2D eigenvalue weighted by atomic mass is 79.9. The van der Waals surface area contributed by atoms with Gasteiger partial charge in [-0.25, -0.2) is 9.80 Å². The zero-order valence-electron chi connectivity index (χ0n) is 12.3. The number of ether oxygens (including phenoxy) is 2. The summed E-state index contributed by atoms with van der Waals surface area (Å²) in [6.07, 6.45) is 2.37. The smallest absolute Gasteiger partial charge is 0.344 e. The molecular formula is C14H16BrN3O4. The Kier molecular flexibility index (Phi) is 5.37. The van der Waals surface area contributed by atoms with E-state index in [1.54, 1.807) is 19.2 Å². The second kappa shape index (κ2) is 7.26. The summed E-state index contributed by atoms with van der Waals surface area (Å²) in [5, 5.41) is 7.20. The Hall–Kier alpha value is -2.09. The van der Waals surface area contributed by atoms with E-state index in [-0.39, 0.29) is 12.5 Å². The van der Waals surface area contributed by atoms with Crippen LogP contribution in [0, 0.1) is 0 Å². The van der Waals surface area contributed by atoms with E-state index in [1.165, 1.54) is 6.21 Å². The summed E-state index contributed by atoms with van der Waals surface area (Å²) in [7, 11) is 1.55. The maximum Gasteiger partial charge on any atom is 0.344 e. The number of nitrogens with zero attached hydrogens (tertiary/aromatic N) is 2. The van der Waals surface area contributed by atoms with E-state index >= 15 is 0 Å². The molecule has 1 N–H and O–H groups in total.